The summed E-state index contributed by atoms with van der Waals surface area (Å²) in [5.74, 6) is -0.632. The molecule has 1 unspecified atom stereocenters. The van der Waals surface area contributed by atoms with Gasteiger partial charge in [-0.15, -0.1) is 0 Å². The average molecular weight is 263 g/mol. The second kappa shape index (κ2) is 4.59. The van der Waals surface area contributed by atoms with Gasteiger partial charge in [-0.05, 0) is 23.8 Å². The zero-order valence-corrected chi connectivity index (χ0v) is 11.3. The van der Waals surface area contributed by atoms with E-state index in [1.165, 1.54) is 0 Å². The molecule has 0 radical (unpaired) electrons. The largest absolute Gasteiger partial charge is 0.508 e. The van der Waals surface area contributed by atoms with E-state index in [2.05, 4.69) is 4.98 Å². The maximum Gasteiger partial charge on any atom is 0.362 e. The first kappa shape index (κ1) is 13.4. The number of hydrogen-bond donors (Lipinski definition) is 3. The number of nitrogens with one attached hydrogen (secondary N) is 1. The number of quaternary nitrogens is 1. The molecule has 0 saturated heterocycles. The number of phenols is 1. The van der Waals surface area contributed by atoms with Gasteiger partial charge in [0.1, 0.15) is 5.75 Å². The standard InChI is InChI=1S/C14H18N2O3/c1-16(2,3)13(14(18)19)6-9-8-15-12-5-4-10(17)7-11(9)12/h4-5,7-8,13,15H,6H2,1-3H3,(H-,17,18,19)/p+1. The van der Waals surface area contributed by atoms with E-state index in [1.807, 2.05) is 27.3 Å². The van der Waals surface area contributed by atoms with Crippen molar-refractivity contribution in [2.45, 2.75) is 12.5 Å². The van der Waals surface area contributed by atoms with Gasteiger partial charge in [0.2, 0.25) is 0 Å². The van der Waals surface area contributed by atoms with Crippen LogP contribution in [0.2, 0.25) is 0 Å². The molecule has 0 fully saturated rings. The van der Waals surface area contributed by atoms with Gasteiger partial charge in [0.05, 0.1) is 21.1 Å². The zero-order chi connectivity index (χ0) is 14.2. The number of nitrogens with zero attached hydrogens (tertiary/aromatic N) is 1. The number of carboxylic acid groups (broad SMARTS) is 1. The lowest BCUT2D eigenvalue weighted by molar-refractivity contribution is -0.887. The van der Waals surface area contributed by atoms with Crippen molar-refractivity contribution in [3.8, 4) is 5.75 Å². The fourth-order valence-corrected chi connectivity index (χ4v) is 2.24. The van der Waals surface area contributed by atoms with Crippen molar-refractivity contribution >= 4 is 16.9 Å². The first-order valence-corrected chi connectivity index (χ1v) is 6.12. The van der Waals surface area contributed by atoms with Crippen LogP contribution in [0.4, 0.5) is 0 Å². The number of aromatic nitrogens is 1. The molecule has 5 nitrogen and oxygen atoms in total. The van der Waals surface area contributed by atoms with E-state index >= 15 is 0 Å². The molecule has 0 bridgehead atoms. The molecule has 2 aromatic rings. The summed E-state index contributed by atoms with van der Waals surface area (Å²) >= 11 is 0. The van der Waals surface area contributed by atoms with Crippen LogP contribution in [0.1, 0.15) is 5.56 Å². The quantitative estimate of drug-likeness (QED) is 0.733. The van der Waals surface area contributed by atoms with Crippen LogP contribution in [-0.2, 0) is 11.2 Å². The Balaban J connectivity index is 2.39. The van der Waals surface area contributed by atoms with E-state index in [0.717, 1.165) is 16.5 Å². The molecule has 0 aliphatic carbocycles. The second-order valence-corrected chi connectivity index (χ2v) is 5.72. The molecule has 0 aliphatic heterocycles. The molecular formula is C14H19N2O3+. The van der Waals surface area contributed by atoms with Crippen molar-refractivity contribution in [3.63, 3.8) is 0 Å². The molecule has 0 aliphatic rings. The molecular weight excluding hydrogens is 244 g/mol. The molecule has 2 rings (SSSR count). The van der Waals surface area contributed by atoms with E-state index in [0.29, 0.717) is 10.9 Å². The lowest BCUT2D eigenvalue weighted by Crippen LogP contribution is -2.51. The van der Waals surface area contributed by atoms with Gasteiger partial charge in [0, 0.05) is 23.5 Å². The molecule has 3 N–H and O–H groups in total. The Hall–Kier alpha value is -2.01. The summed E-state index contributed by atoms with van der Waals surface area (Å²) in [5, 5.41) is 19.8. The fourth-order valence-electron chi connectivity index (χ4n) is 2.24. The van der Waals surface area contributed by atoms with E-state index in [1.54, 1.807) is 18.2 Å². The van der Waals surface area contributed by atoms with Crippen molar-refractivity contribution in [2.24, 2.45) is 0 Å². The van der Waals surface area contributed by atoms with Gasteiger partial charge in [-0.3, -0.25) is 0 Å². The number of carbonyl (C=O) groups is 1. The molecule has 19 heavy (non-hydrogen) atoms. The summed E-state index contributed by atoms with van der Waals surface area (Å²) in [4.78, 5) is 14.5. The molecule has 1 heterocycles. The van der Waals surface area contributed by atoms with E-state index < -0.39 is 12.0 Å². The van der Waals surface area contributed by atoms with Crippen LogP contribution in [0.3, 0.4) is 0 Å². The number of H-pyrrole nitrogens is 1. The summed E-state index contributed by atoms with van der Waals surface area (Å²) in [7, 11) is 5.60. The maximum absolute atomic E-state index is 11.4. The molecule has 5 heteroatoms. The lowest BCUT2D eigenvalue weighted by atomic mass is 10.0. The smallest absolute Gasteiger partial charge is 0.362 e. The Kier molecular flexibility index (Phi) is 3.24. The Morgan fingerprint density at radius 2 is 2.05 bits per heavy atom. The third-order valence-corrected chi connectivity index (χ3v) is 3.38. The first-order chi connectivity index (χ1) is 8.79. The number of aromatic hydroxyl groups is 1. The summed E-state index contributed by atoms with van der Waals surface area (Å²) in [5.41, 5.74) is 1.81. The van der Waals surface area contributed by atoms with Crippen LogP contribution in [0.25, 0.3) is 10.9 Å². The molecule has 1 aromatic carbocycles. The average Bonchev–Trinajstić information content (AvgIpc) is 2.66. The van der Waals surface area contributed by atoms with Crippen molar-refractivity contribution < 1.29 is 19.5 Å². The van der Waals surface area contributed by atoms with Gasteiger partial charge in [-0.1, -0.05) is 0 Å². The lowest BCUT2D eigenvalue weighted by Gasteiger charge is -2.31. The van der Waals surface area contributed by atoms with Crippen molar-refractivity contribution in [3.05, 3.63) is 30.0 Å². The summed E-state index contributed by atoms with van der Waals surface area (Å²) in [6.45, 7) is 0. The summed E-state index contributed by atoms with van der Waals surface area (Å²) in [6.07, 6.45) is 2.23. The Bertz CT molecular complexity index is 611. The molecule has 102 valence electrons. The van der Waals surface area contributed by atoms with Crippen molar-refractivity contribution in [1.29, 1.82) is 0 Å². The minimum atomic E-state index is -0.818. The maximum atomic E-state index is 11.4. The SMILES string of the molecule is C[N+](C)(C)C(Cc1c[nH]c2ccc(O)cc12)C(=O)O. The Morgan fingerprint density at radius 3 is 2.63 bits per heavy atom. The van der Waals surface area contributed by atoms with Gasteiger partial charge in [0.15, 0.2) is 6.04 Å². The van der Waals surface area contributed by atoms with E-state index in [9.17, 15) is 15.0 Å². The van der Waals surface area contributed by atoms with Gasteiger partial charge in [-0.25, -0.2) is 4.79 Å². The number of hydrogen-bond acceptors (Lipinski definition) is 2. The number of phenolic OH excluding ortho intramolecular Hbond substituents is 1. The molecule has 0 spiro atoms. The number of aliphatic carboxylic acids is 1. The minimum Gasteiger partial charge on any atom is -0.508 e. The third-order valence-electron chi connectivity index (χ3n) is 3.38. The van der Waals surface area contributed by atoms with Gasteiger partial charge < -0.3 is 19.7 Å². The van der Waals surface area contributed by atoms with Crippen LogP contribution >= 0.6 is 0 Å². The Morgan fingerprint density at radius 1 is 1.37 bits per heavy atom. The van der Waals surface area contributed by atoms with Gasteiger partial charge >= 0.3 is 5.97 Å². The number of likely N-dealkylation sites (N-methyl/N-ethyl adjacent to an activating group) is 1. The van der Waals surface area contributed by atoms with E-state index in [-0.39, 0.29) is 5.75 Å². The highest BCUT2D eigenvalue weighted by atomic mass is 16.4. The normalized spacial score (nSPS) is 13.6. The fraction of sp³-hybridized carbons (Fsp3) is 0.357. The number of benzene rings is 1. The Labute approximate surface area is 111 Å². The predicted molar refractivity (Wildman–Crippen MR) is 73.1 cm³/mol. The zero-order valence-electron chi connectivity index (χ0n) is 11.3. The summed E-state index contributed by atoms with van der Waals surface area (Å²) < 4.78 is 0.348. The number of carboxylic acids is 1. The highest BCUT2D eigenvalue weighted by Crippen LogP contribution is 2.25. The predicted octanol–water partition coefficient (Wildman–Crippen LogP) is 1.58. The van der Waals surface area contributed by atoms with Crippen LogP contribution in [0.5, 0.6) is 5.75 Å². The van der Waals surface area contributed by atoms with Crippen LogP contribution < -0.4 is 0 Å². The third kappa shape index (κ3) is 2.71. The van der Waals surface area contributed by atoms with Crippen molar-refractivity contribution in [1.82, 2.24) is 4.98 Å². The minimum absolute atomic E-state index is 0.186. The highest BCUT2D eigenvalue weighted by molar-refractivity contribution is 5.85. The number of aromatic amines is 1. The van der Waals surface area contributed by atoms with Crippen LogP contribution in [-0.4, -0.2) is 52.8 Å². The molecule has 0 amide bonds. The van der Waals surface area contributed by atoms with Gasteiger partial charge in [0.25, 0.3) is 0 Å². The van der Waals surface area contributed by atoms with E-state index in [4.69, 9.17) is 0 Å². The molecule has 1 atom stereocenters. The highest BCUT2D eigenvalue weighted by Gasteiger charge is 2.32. The summed E-state index contributed by atoms with van der Waals surface area (Å²) in [6, 6.07) is 4.53. The monoisotopic (exact) mass is 263 g/mol. The van der Waals surface area contributed by atoms with Crippen LogP contribution in [0.15, 0.2) is 24.4 Å². The first-order valence-electron chi connectivity index (χ1n) is 6.12. The number of fused-ring (bicyclic) bond motifs is 1. The van der Waals surface area contributed by atoms with Gasteiger partial charge in [-0.2, -0.15) is 0 Å². The number of rotatable bonds is 4. The van der Waals surface area contributed by atoms with Crippen molar-refractivity contribution in [2.75, 3.05) is 21.1 Å². The topological polar surface area (TPSA) is 73.3 Å². The van der Waals surface area contributed by atoms with Crippen LogP contribution in [0, 0.1) is 0 Å². The molecule has 1 aromatic heterocycles. The second-order valence-electron chi connectivity index (χ2n) is 5.72. The molecule has 0 saturated carbocycles.